The molecule has 2 amide bonds. The minimum Gasteiger partial charge on any atom is -0.352 e. The van der Waals surface area contributed by atoms with E-state index in [0.29, 0.717) is 10.6 Å². The van der Waals surface area contributed by atoms with E-state index in [2.05, 4.69) is 5.32 Å². The lowest BCUT2D eigenvalue weighted by atomic mass is 9.94. The maximum Gasteiger partial charge on any atom is 0.243 e. The molecule has 0 bridgehead atoms. The van der Waals surface area contributed by atoms with E-state index in [4.69, 9.17) is 11.6 Å². The third-order valence-corrected chi connectivity index (χ3v) is 9.44. The Labute approximate surface area is 246 Å². The maximum atomic E-state index is 13.9. The number of nitrogens with one attached hydrogen (secondary N) is 1. The highest BCUT2D eigenvalue weighted by Crippen LogP contribution is 2.21. The van der Waals surface area contributed by atoms with E-state index in [9.17, 15) is 22.4 Å². The first-order valence-electron chi connectivity index (χ1n) is 13.7. The lowest BCUT2D eigenvalue weighted by Gasteiger charge is -2.34. The van der Waals surface area contributed by atoms with Crippen LogP contribution in [-0.4, -0.2) is 55.1 Å². The quantitative estimate of drug-likeness (QED) is 0.329. The molecule has 1 saturated carbocycles. The van der Waals surface area contributed by atoms with Gasteiger partial charge >= 0.3 is 0 Å². The van der Waals surface area contributed by atoms with Crippen molar-refractivity contribution in [1.29, 1.82) is 0 Å². The fraction of sp³-hybridized carbons (Fsp3) is 0.355. The number of carbonyl (C=O) groups is 2. The van der Waals surface area contributed by atoms with Crippen molar-refractivity contribution in [3.8, 4) is 0 Å². The minimum absolute atomic E-state index is 0.00170. The molecular formula is C31H35ClFN3O4S. The number of carbonyl (C=O) groups excluding carboxylic acids is 2. The topological polar surface area (TPSA) is 86.8 Å². The van der Waals surface area contributed by atoms with Gasteiger partial charge in [0, 0.05) is 31.1 Å². The van der Waals surface area contributed by atoms with Gasteiger partial charge in [0.1, 0.15) is 11.9 Å². The molecule has 4 rings (SSSR count). The first-order valence-corrected chi connectivity index (χ1v) is 15.6. The Balaban J connectivity index is 1.65. The number of nitrogens with zero attached hydrogens (tertiary/aromatic N) is 2. The predicted molar refractivity (Wildman–Crippen MR) is 157 cm³/mol. The highest BCUT2D eigenvalue weighted by molar-refractivity contribution is 7.89. The molecule has 41 heavy (non-hydrogen) atoms. The molecule has 218 valence electrons. The van der Waals surface area contributed by atoms with E-state index in [0.717, 1.165) is 42.0 Å². The SMILES string of the molecule is CN(CC(=O)N(Cc1ccc(F)cc1)[C@@H](Cc1ccccc1)C(=O)NC1CCCCC1)S(=O)(=O)c1ccc(Cl)cc1. The standard InChI is InChI=1S/C31H35ClFN3O4S/c1-35(41(39,40)28-18-14-25(32)15-19-28)22-30(37)36(21-24-12-16-26(33)17-13-24)29(20-23-8-4-2-5-9-23)31(38)34-27-10-6-3-7-11-27/h2,4-5,8-9,12-19,27,29H,3,6-7,10-11,20-22H2,1H3,(H,34,38)/t29-/m0/s1. The smallest absolute Gasteiger partial charge is 0.243 e. The van der Waals surface area contributed by atoms with Crippen LogP contribution in [0.2, 0.25) is 5.02 Å². The van der Waals surface area contributed by atoms with Crippen molar-refractivity contribution in [2.45, 2.75) is 62.0 Å². The summed E-state index contributed by atoms with van der Waals surface area (Å²) in [6, 6.07) is 19.9. The van der Waals surface area contributed by atoms with Gasteiger partial charge in [0.25, 0.3) is 0 Å². The van der Waals surface area contributed by atoms with E-state index in [1.807, 2.05) is 30.3 Å². The molecule has 0 unspecified atom stereocenters. The molecule has 1 fully saturated rings. The van der Waals surface area contributed by atoms with Crippen LogP contribution in [0.1, 0.15) is 43.2 Å². The molecule has 3 aromatic rings. The predicted octanol–water partition coefficient (Wildman–Crippen LogP) is 5.19. The fourth-order valence-electron chi connectivity index (χ4n) is 5.04. The van der Waals surface area contributed by atoms with Gasteiger partial charge in [-0.3, -0.25) is 9.59 Å². The zero-order valence-corrected chi connectivity index (χ0v) is 24.6. The normalized spacial score (nSPS) is 14.9. The number of benzene rings is 3. The van der Waals surface area contributed by atoms with Crippen LogP contribution >= 0.6 is 11.6 Å². The van der Waals surface area contributed by atoms with Gasteiger partial charge in [-0.1, -0.05) is 73.3 Å². The van der Waals surface area contributed by atoms with Crippen molar-refractivity contribution >= 4 is 33.4 Å². The number of sulfonamides is 1. The van der Waals surface area contributed by atoms with Gasteiger partial charge in [-0.15, -0.1) is 0 Å². The third-order valence-electron chi connectivity index (χ3n) is 7.37. The van der Waals surface area contributed by atoms with Gasteiger partial charge in [-0.2, -0.15) is 4.31 Å². The number of likely N-dealkylation sites (N-methyl/N-ethyl adjacent to an activating group) is 1. The van der Waals surface area contributed by atoms with Gasteiger partial charge in [-0.05, 0) is 60.4 Å². The molecule has 3 aromatic carbocycles. The van der Waals surface area contributed by atoms with Crippen LogP contribution in [0.3, 0.4) is 0 Å². The summed E-state index contributed by atoms with van der Waals surface area (Å²) < 4.78 is 41.1. The Bertz CT molecular complexity index is 1410. The van der Waals surface area contributed by atoms with Gasteiger partial charge < -0.3 is 10.2 Å². The summed E-state index contributed by atoms with van der Waals surface area (Å²) in [6.07, 6.45) is 5.17. The molecule has 0 aromatic heterocycles. The van der Waals surface area contributed by atoms with Crippen molar-refractivity contribution < 1.29 is 22.4 Å². The molecule has 1 atom stereocenters. The summed E-state index contributed by atoms with van der Waals surface area (Å²) in [5, 5.41) is 3.54. The summed E-state index contributed by atoms with van der Waals surface area (Å²) in [6.45, 7) is -0.488. The Morgan fingerprint density at radius 3 is 2.20 bits per heavy atom. The van der Waals surface area contributed by atoms with Crippen LogP contribution in [0.5, 0.6) is 0 Å². The third kappa shape index (κ3) is 8.38. The molecule has 0 saturated heterocycles. The van der Waals surface area contributed by atoms with Gasteiger partial charge in [0.2, 0.25) is 21.8 Å². The van der Waals surface area contributed by atoms with Gasteiger partial charge in [-0.25, -0.2) is 12.8 Å². The maximum absolute atomic E-state index is 13.9. The summed E-state index contributed by atoms with van der Waals surface area (Å²) in [5.41, 5.74) is 1.47. The number of amides is 2. The molecule has 10 heteroatoms. The average Bonchev–Trinajstić information content (AvgIpc) is 2.97. The summed E-state index contributed by atoms with van der Waals surface area (Å²) in [7, 11) is -2.69. The van der Waals surface area contributed by atoms with E-state index in [1.165, 1.54) is 48.3 Å². The van der Waals surface area contributed by atoms with Crippen LogP contribution < -0.4 is 5.32 Å². The van der Waals surface area contributed by atoms with Crippen molar-refractivity contribution in [1.82, 2.24) is 14.5 Å². The second-order valence-electron chi connectivity index (χ2n) is 10.4. The van der Waals surface area contributed by atoms with E-state index >= 15 is 0 Å². The number of hydrogen-bond acceptors (Lipinski definition) is 4. The van der Waals surface area contributed by atoms with Crippen molar-refractivity contribution in [2.75, 3.05) is 13.6 Å². The summed E-state index contributed by atoms with van der Waals surface area (Å²) >= 11 is 5.92. The second-order valence-corrected chi connectivity index (χ2v) is 12.9. The minimum atomic E-state index is -4.01. The van der Waals surface area contributed by atoms with Crippen LogP contribution in [0.4, 0.5) is 4.39 Å². The molecule has 7 nitrogen and oxygen atoms in total. The second kappa shape index (κ2) is 14.1. The van der Waals surface area contributed by atoms with Crippen molar-refractivity contribution in [2.24, 2.45) is 0 Å². The van der Waals surface area contributed by atoms with E-state index in [-0.39, 0.29) is 29.8 Å². The monoisotopic (exact) mass is 599 g/mol. The molecule has 0 heterocycles. The summed E-state index contributed by atoms with van der Waals surface area (Å²) in [4.78, 5) is 29.2. The van der Waals surface area contributed by atoms with Gasteiger partial charge in [0.05, 0.1) is 11.4 Å². The molecule has 1 N–H and O–H groups in total. The Morgan fingerprint density at radius 1 is 0.927 bits per heavy atom. The van der Waals surface area contributed by atoms with E-state index < -0.39 is 34.3 Å². The molecule has 0 spiro atoms. The van der Waals surface area contributed by atoms with Crippen LogP contribution in [0.15, 0.2) is 83.8 Å². The first kappa shape index (κ1) is 30.7. The average molecular weight is 600 g/mol. The summed E-state index contributed by atoms with van der Waals surface area (Å²) in [5.74, 6) is -1.26. The van der Waals surface area contributed by atoms with E-state index in [1.54, 1.807) is 12.1 Å². The Morgan fingerprint density at radius 2 is 1.56 bits per heavy atom. The van der Waals surface area contributed by atoms with Crippen LogP contribution in [-0.2, 0) is 32.6 Å². The Kier molecular flexibility index (Phi) is 10.5. The molecule has 0 aliphatic heterocycles. The molecule has 0 radical (unpaired) electrons. The zero-order valence-electron chi connectivity index (χ0n) is 23.0. The Hall–Kier alpha value is -3.27. The van der Waals surface area contributed by atoms with Crippen molar-refractivity contribution in [3.05, 3.63) is 101 Å². The van der Waals surface area contributed by atoms with Crippen LogP contribution in [0.25, 0.3) is 0 Å². The first-order chi connectivity index (χ1) is 19.6. The lowest BCUT2D eigenvalue weighted by molar-refractivity contribution is -0.141. The zero-order chi connectivity index (χ0) is 29.4. The van der Waals surface area contributed by atoms with Gasteiger partial charge in [0.15, 0.2) is 0 Å². The number of halogens is 2. The van der Waals surface area contributed by atoms with Crippen molar-refractivity contribution in [3.63, 3.8) is 0 Å². The number of hydrogen-bond donors (Lipinski definition) is 1. The lowest BCUT2D eigenvalue weighted by Crippen LogP contribution is -2.54. The molecule has 1 aliphatic rings. The fourth-order valence-corrected chi connectivity index (χ4v) is 6.28. The highest BCUT2D eigenvalue weighted by Gasteiger charge is 2.34. The highest BCUT2D eigenvalue weighted by atomic mass is 35.5. The van der Waals surface area contributed by atoms with Crippen LogP contribution in [0, 0.1) is 5.82 Å². The number of rotatable bonds is 11. The largest absolute Gasteiger partial charge is 0.352 e. The molecular weight excluding hydrogens is 565 g/mol. The molecule has 1 aliphatic carbocycles.